The van der Waals surface area contributed by atoms with E-state index >= 15 is 0 Å². The van der Waals surface area contributed by atoms with Crippen LogP contribution in [0.2, 0.25) is 0 Å². The van der Waals surface area contributed by atoms with E-state index in [0.717, 1.165) is 33.4 Å². The van der Waals surface area contributed by atoms with Gasteiger partial charge in [0.1, 0.15) is 11.5 Å². The summed E-state index contributed by atoms with van der Waals surface area (Å²) >= 11 is 1.49. The second-order valence-corrected chi connectivity index (χ2v) is 5.98. The Hall–Kier alpha value is -2.86. The third-order valence-electron chi connectivity index (χ3n) is 3.49. The van der Waals surface area contributed by atoms with Crippen molar-refractivity contribution < 1.29 is 9.84 Å². The molecule has 0 aliphatic rings. The number of aromatic hydroxyl groups is 1. The molecule has 0 amide bonds. The van der Waals surface area contributed by atoms with Crippen molar-refractivity contribution in [3.05, 3.63) is 59.5 Å². The van der Waals surface area contributed by atoms with Gasteiger partial charge in [-0.25, -0.2) is 4.98 Å². The van der Waals surface area contributed by atoms with Gasteiger partial charge in [-0.1, -0.05) is 0 Å². The summed E-state index contributed by atoms with van der Waals surface area (Å²) in [5.41, 5.74) is 6.65. The molecule has 0 fully saturated rings. The minimum absolute atomic E-state index is 0.239. The van der Waals surface area contributed by atoms with Crippen molar-refractivity contribution in [3.63, 3.8) is 0 Å². The van der Waals surface area contributed by atoms with E-state index in [1.54, 1.807) is 19.2 Å². The zero-order chi connectivity index (χ0) is 16.9. The zero-order valence-electron chi connectivity index (χ0n) is 13.4. The second kappa shape index (κ2) is 7.14. The number of hydrogen-bond donors (Lipinski definition) is 2. The van der Waals surface area contributed by atoms with E-state index in [9.17, 15) is 5.11 Å². The van der Waals surface area contributed by atoms with Crippen molar-refractivity contribution in [2.45, 2.75) is 6.92 Å². The molecule has 0 radical (unpaired) electrons. The van der Waals surface area contributed by atoms with Crippen LogP contribution in [0, 0.1) is 0 Å². The average molecular weight is 339 g/mol. The van der Waals surface area contributed by atoms with E-state index in [1.807, 2.05) is 48.7 Å². The van der Waals surface area contributed by atoms with Gasteiger partial charge in [0.05, 0.1) is 18.5 Å². The first-order valence-electron chi connectivity index (χ1n) is 7.35. The fraction of sp³-hybridized carbons (Fsp3) is 0.111. The van der Waals surface area contributed by atoms with E-state index in [1.165, 1.54) is 11.3 Å². The molecule has 0 saturated heterocycles. The van der Waals surface area contributed by atoms with Crippen LogP contribution in [-0.4, -0.2) is 22.9 Å². The van der Waals surface area contributed by atoms with Gasteiger partial charge in [-0.3, -0.25) is 5.43 Å². The molecule has 2 N–H and O–H groups in total. The van der Waals surface area contributed by atoms with Crippen LogP contribution in [0.15, 0.2) is 59.0 Å². The number of benzene rings is 2. The SMILES string of the molecule is COc1ccc(-c2csc(N/N=C(/C)c3ccc(O)cc3)n2)cc1. The molecule has 0 atom stereocenters. The molecule has 24 heavy (non-hydrogen) atoms. The van der Waals surface area contributed by atoms with Crippen molar-refractivity contribution in [2.24, 2.45) is 5.10 Å². The van der Waals surface area contributed by atoms with Crippen molar-refractivity contribution in [2.75, 3.05) is 12.5 Å². The predicted octanol–water partition coefficient (Wildman–Crippen LogP) is 4.36. The number of nitrogens with one attached hydrogen (secondary N) is 1. The third-order valence-corrected chi connectivity index (χ3v) is 4.24. The van der Waals surface area contributed by atoms with Gasteiger partial charge in [0, 0.05) is 10.9 Å². The summed E-state index contributed by atoms with van der Waals surface area (Å²) in [4.78, 5) is 4.54. The number of hydrazone groups is 1. The fourth-order valence-electron chi connectivity index (χ4n) is 2.12. The summed E-state index contributed by atoms with van der Waals surface area (Å²) < 4.78 is 5.16. The Morgan fingerprint density at radius 1 is 1.12 bits per heavy atom. The summed E-state index contributed by atoms with van der Waals surface area (Å²) in [6, 6.07) is 14.7. The second-order valence-electron chi connectivity index (χ2n) is 5.12. The lowest BCUT2D eigenvalue weighted by Crippen LogP contribution is -1.99. The Bertz CT molecular complexity index is 839. The highest BCUT2D eigenvalue weighted by molar-refractivity contribution is 7.14. The molecule has 0 unspecified atom stereocenters. The lowest BCUT2D eigenvalue weighted by atomic mass is 10.1. The van der Waals surface area contributed by atoms with Crippen LogP contribution in [0.3, 0.4) is 0 Å². The molecule has 0 aliphatic carbocycles. The number of hydrogen-bond acceptors (Lipinski definition) is 6. The van der Waals surface area contributed by atoms with Gasteiger partial charge in [0.25, 0.3) is 0 Å². The van der Waals surface area contributed by atoms with Crippen LogP contribution in [0.1, 0.15) is 12.5 Å². The summed E-state index contributed by atoms with van der Waals surface area (Å²) in [6.45, 7) is 1.90. The molecule has 1 aromatic heterocycles. The number of methoxy groups -OCH3 is 1. The number of aromatic nitrogens is 1. The topological polar surface area (TPSA) is 66.7 Å². The molecule has 0 aliphatic heterocycles. The Balaban J connectivity index is 1.71. The molecular weight excluding hydrogens is 322 g/mol. The van der Waals surface area contributed by atoms with E-state index in [4.69, 9.17) is 4.74 Å². The standard InChI is InChI=1S/C18H17N3O2S/c1-12(13-3-7-15(22)8-4-13)20-21-18-19-17(11-24-18)14-5-9-16(23-2)10-6-14/h3-11,22H,1-2H3,(H,19,21)/b20-12-. The normalized spacial score (nSPS) is 11.3. The summed E-state index contributed by atoms with van der Waals surface area (Å²) in [5, 5.41) is 16.4. The monoisotopic (exact) mass is 339 g/mol. The fourth-order valence-corrected chi connectivity index (χ4v) is 2.78. The maximum absolute atomic E-state index is 9.32. The van der Waals surface area contributed by atoms with E-state index in [0.29, 0.717) is 0 Å². The number of thiazole rings is 1. The average Bonchev–Trinajstić information content (AvgIpc) is 3.09. The first-order valence-corrected chi connectivity index (χ1v) is 8.23. The van der Waals surface area contributed by atoms with Crippen LogP contribution >= 0.6 is 11.3 Å². The lowest BCUT2D eigenvalue weighted by Gasteiger charge is -2.02. The van der Waals surface area contributed by atoms with Crippen molar-refractivity contribution in [1.29, 1.82) is 0 Å². The van der Waals surface area contributed by atoms with Gasteiger partial charge in [-0.15, -0.1) is 11.3 Å². The largest absolute Gasteiger partial charge is 0.508 e. The molecular formula is C18H17N3O2S. The Kier molecular flexibility index (Phi) is 4.77. The number of phenols is 1. The predicted molar refractivity (Wildman–Crippen MR) is 98.0 cm³/mol. The molecule has 0 bridgehead atoms. The first-order chi connectivity index (χ1) is 11.7. The molecule has 1 heterocycles. The summed E-state index contributed by atoms with van der Waals surface area (Å²) in [5.74, 6) is 1.06. The first kappa shape index (κ1) is 16.0. The Morgan fingerprint density at radius 3 is 2.50 bits per heavy atom. The van der Waals surface area contributed by atoms with Gasteiger partial charge in [0.15, 0.2) is 0 Å². The van der Waals surface area contributed by atoms with E-state index < -0.39 is 0 Å². The van der Waals surface area contributed by atoms with E-state index in [2.05, 4.69) is 15.5 Å². The smallest absolute Gasteiger partial charge is 0.203 e. The van der Waals surface area contributed by atoms with Crippen LogP contribution < -0.4 is 10.2 Å². The Morgan fingerprint density at radius 2 is 1.83 bits per heavy atom. The number of anilines is 1. The zero-order valence-corrected chi connectivity index (χ0v) is 14.2. The van der Waals surface area contributed by atoms with Crippen LogP contribution in [-0.2, 0) is 0 Å². The number of ether oxygens (including phenoxy) is 1. The number of phenolic OH excluding ortho intramolecular Hbond substituents is 1. The molecule has 3 rings (SSSR count). The number of nitrogens with zero attached hydrogens (tertiary/aromatic N) is 2. The van der Waals surface area contributed by atoms with Gasteiger partial charge in [0.2, 0.25) is 5.13 Å². The molecule has 2 aromatic carbocycles. The molecule has 6 heteroatoms. The highest BCUT2D eigenvalue weighted by Crippen LogP contribution is 2.26. The maximum Gasteiger partial charge on any atom is 0.203 e. The van der Waals surface area contributed by atoms with Crippen molar-refractivity contribution >= 4 is 22.2 Å². The van der Waals surface area contributed by atoms with Gasteiger partial charge < -0.3 is 9.84 Å². The van der Waals surface area contributed by atoms with Gasteiger partial charge in [-0.2, -0.15) is 5.10 Å². The highest BCUT2D eigenvalue weighted by atomic mass is 32.1. The van der Waals surface area contributed by atoms with Gasteiger partial charge >= 0.3 is 0 Å². The molecule has 0 spiro atoms. The lowest BCUT2D eigenvalue weighted by molar-refractivity contribution is 0.415. The van der Waals surface area contributed by atoms with Crippen molar-refractivity contribution in [1.82, 2.24) is 4.98 Å². The summed E-state index contributed by atoms with van der Waals surface area (Å²) in [6.07, 6.45) is 0. The number of rotatable bonds is 5. The van der Waals surface area contributed by atoms with Crippen LogP contribution in [0.4, 0.5) is 5.13 Å². The van der Waals surface area contributed by atoms with E-state index in [-0.39, 0.29) is 5.75 Å². The molecule has 0 saturated carbocycles. The quantitative estimate of drug-likeness (QED) is 0.535. The summed E-state index contributed by atoms with van der Waals surface area (Å²) in [7, 11) is 1.65. The van der Waals surface area contributed by atoms with Crippen LogP contribution in [0.25, 0.3) is 11.3 Å². The van der Waals surface area contributed by atoms with Gasteiger partial charge in [-0.05, 0) is 61.0 Å². The minimum atomic E-state index is 0.239. The maximum atomic E-state index is 9.32. The molecule has 122 valence electrons. The Labute approximate surface area is 144 Å². The molecule has 3 aromatic rings. The van der Waals surface area contributed by atoms with Crippen molar-refractivity contribution in [3.8, 4) is 22.8 Å². The molecule has 5 nitrogen and oxygen atoms in total. The minimum Gasteiger partial charge on any atom is -0.508 e. The highest BCUT2D eigenvalue weighted by Gasteiger charge is 2.05. The third kappa shape index (κ3) is 3.72. The van der Waals surface area contributed by atoms with Crippen LogP contribution in [0.5, 0.6) is 11.5 Å².